The number of hydrogen-bond acceptors (Lipinski definition) is 1. The molecule has 0 bridgehead atoms. The number of alkyl halides is 1. The first-order chi connectivity index (χ1) is 7.70. The minimum absolute atomic E-state index is 0.140. The maximum absolute atomic E-state index is 6.44. The zero-order valence-electron chi connectivity index (χ0n) is 10.0. The van der Waals surface area contributed by atoms with Crippen LogP contribution >= 0.6 is 11.6 Å². The molecule has 0 amide bonds. The van der Waals surface area contributed by atoms with Gasteiger partial charge in [0.05, 0.1) is 12.0 Å². The van der Waals surface area contributed by atoms with Gasteiger partial charge in [0.25, 0.3) is 0 Å². The summed E-state index contributed by atoms with van der Waals surface area (Å²) in [6, 6.07) is 6.37. The molecule has 2 rings (SSSR count). The van der Waals surface area contributed by atoms with Crippen LogP contribution < -0.4 is 4.74 Å². The predicted octanol–water partition coefficient (Wildman–Crippen LogP) is 4.34. The normalized spacial score (nSPS) is 17.7. The SMILES string of the molecule is CCC(C)CC(Cl)c1ccc2c(c1)CCO2. The lowest BCUT2D eigenvalue weighted by molar-refractivity contribution is 0.357. The monoisotopic (exact) mass is 238 g/mol. The summed E-state index contributed by atoms with van der Waals surface area (Å²) in [5.74, 6) is 1.73. The Morgan fingerprint density at radius 2 is 2.25 bits per heavy atom. The molecule has 16 heavy (non-hydrogen) atoms. The standard InChI is InChI=1S/C14H19ClO/c1-3-10(2)8-13(15)11-4-5-14-12(9-11)6-7-16-14/h4-5,9-10,13H,3,6-8H2,1-2H3. The Balaban J connectivity index is 2.09. The second-order valence-electron chi connectivity index (χ2n) is 4.68. The van der Waals surface area contributed by atoms with Gasteiger partial charge in [0.15, 0.2) is 0 Å². The molecule has 1 aliphatic rings. The third kappa shape index (κ3) is 2.52. The molecule has 1 nitrogen and oxygen atoms in total. The predicted molar refractivity (Wildman–Crippen MR) is 68.3 cm³/mol. The highest BCUT2D eigenvalue weighted by molar-refractivity contribution is 6.20. The molecule has 0 aromatic heterocycles. The van der Waals surface area contributed by atoms with Crippen molar-refractivity contribution in [2.24, 2.45) is 5.92 Å². The Kier molecular flexibility index (Phi) is 3.75. The van der Waals surface area contributed by atoms with E-state index in [1.165, 1.54) is 17.5 Å². The largest absolute Gasteiger partial charge is 0.493 e. The molecule has 0 fully saturated rings. The summed E-state index contributed by atoms with van der Waals surface area (Å²) in [7, 11) is 0. The fourth-order valence-electron chi connectivity index (χ4n) is 2.06. The van der Waals surface area contributed by atoms with Crippen LogP contribution in [-0.4, -0.2) is 6.61 Å². The van der Waals surface area contributed by atoms with Gasteiger partial charge in [0, 0.05) is 6.42 Å². The first-order valence-electron chi connectivity index (χ1n) is 6.10. The molecule has 0 aliphatic carbocycles. The van der Waals surface area contributed by atoms with Gasteiger partial charge < -0.3 is 4.74 Å². The Morgan fingerprint density at radius 1 is 1.44 bits per heavy atom. The molecule has 1 aromatic carbocycles. The Bertz CT molecular complexity index is 362. The second-order valence-corrected chi connectivity index (χ2v) is 5.21. The van der Waals surface area contributed by atoms with E-state index < -0.39 is 0 Å². The molecule has 88 valence electrons. The lowest BCUT2D eigenvalue weighted by Crippen LogP contribution is -1.99. The summed E-state index contributed by atoms with van der Waals surface area (Å²) < 4.78 is 5.49. The third-order valence-corrected chi connectivity index (χ3v) is 3.81. The molecule has 2 heteroatoms. The van der Waals surface area contributed by atoms with Gasteiger partial charge in [-0.05, 0) is 29.5 Å². The van der Waals surface area contributed by atoms with Gasteiger partial charge >= 0.3 is 0 Å². The van der Waals surface area contributed by atoms with Gasteiger partial charge in [-0.3, -0.25) is 0 Å². The van der Waals surface area contributed by atoms with Gasteiger partial charge in [0.1, 0.15) is 5.75 Å². The number of halogens is 1. The van der Waals surface area contributed by atoms with Crippen molar-refractivity contribution >= 4 is 11.6 Å². The van der Waals surface area contributed by atoms with Crippen molar-refractivity contribution in [1.29, 1.82) is 0 Å². The van der Waals surface area contributed by atoms with Crippen molar-refractivity contribution in [2.45, 2.75) is 38.5 Å². The number of hydrogen-bond donors (Lipinski definition) is 0. The van der Waals surface area contributed by atoms with E-state index in [0.717, 1.165) is 25.2 Å². The number of rotatable bonds is 4. The molecular weight excluding hydrogens is 220 g/mol. The van der Waals surface area contributed by atoms with Crippen molar-refractivity contribution < 1.29 is 4.74 Å². The van der Waals surface area contributed by atoms with E-state index in [2.05, 4.69) is 32.0 Å². The molecule has 1 aliphatic heterocycles. The van der Waals surface area contributed by atoms with Crippen molar-refractivity contribution in [3.63, 3.8) is 0 Å². The molecule has 1 aromatic rings. The van der Waals surface area contributed by atoms with Crippen molar-refractivity contribution in [3.05, 3.63) is 29.3 Å². The lowest BCUT2D eigenvalue weighted by Gasteiger charge is -2.15. The van der Waals surface area contributed by atoms with Crippen molar-refractivity contribution in [3.8, 4) is 5.75 Å². The molecule has 2 unspecified atom stereocenters. The smallest absolute Gasteiger partial charge is 0.122 e. The van der Waals surface area contributed by atoms with Gasteiger partial charge in [-0.1, -0.05) is 32.4 Å². The fourth-order valence-corrected chi connectivity index (χ4v) is 2.50. The fraction of sp³-hybridized carbons (Fsp3) is 0.571. The van der Waals surface area contributed by atoms with Gasteiger partial charge in [-0.15, -0.1) is 11.6 Å². The van der Waals surface area contributed by atoms with E-state index in [4.69, 9.17) is 16.3 Å². The maximum atomic E-state index is 6.44. The third-order valence-electron chi connectivity index (χ3n) is 3.38. The highest BCUT2D eigenvalue weighted by atomic mass is 35.5. The second kappa shape index (κ2) is 5.09. The average Bonchev–Trinajstić information content (AvgIpc) is 2.75. The minimum Gasteiger partial charge on any atom is -0.493 e. The summed E-state index contributed by atoms with van der Waals surface area (Å²) in [5, 5.41) is 0.140. The van der Waals surface area contributed by atoms with E-state index in [-0.39, 0.29) is 5.38 Å². The zero-order valence-corrected chi connectivity index (χ0v) is 10.8. The maximum Gasteiger partial charge on any atom is 0.122 e. The van der Waals surface area contributed by atoms with Crippen LogP contribution in [0.4, 0.5) is 0 Å². The number of benzene rings is 1. The summed E-state index contributed by atoms with van der Waals surface area (Å²) in [6.45, 7) is 5.29. The minimum atomic E-state index is 0.140. The molecule has 0 N–H and O–H groups in total. The van der Waals surface area contributed by atoms with Crippen LogP contribution in [0.5, 0.6) is 5.75 Å². The first kappa shape index (κ1) is 11.8. The summed E-state index contributed by atoms with van der Waals surface area (Å²) in [5.41, 5.74) is 2.55. The van der Waals surface area contributed by atoms with E-state index >= 15 is 0 Å². The lowest BCUT2D eigenvalue weighted by atomic mass is 9.97. The first-order valence-corrected chi connectivity index (χ1v) is 6.54. The molecule has 0 radical (unpaired) electrons. The van der Waals surface area contributed by atoms with Crippen molar-refractivity contribution in [2.75, 3.05) is 6.61 Å². The van der Waals surface area contributed by atoms with Crippen LogP contribution in [0.3, 0.4) is 0 Å². The van der Waals surface area contributed by atoms with E-state index in [1.54, 1.807) is 0 Å². The molecule has 0 spiro atoms. The molecule has 1 heterocycles. The number of fused-ring (bicyclic) bond motifs is 1. The summed E-state index contributed by atoms with van der Waals surface area (Å²) in [4.78, 5) is 0. The van der Waals surface area contributed by atoms with Crippen LogP contribution in [0, 0.1) is 5.92 Å². The molecule has 2 atom stereocenters. The zero-order chi connectivity index (χ0) is 11.5. The average molecular weight is 239 g/mol. The highest BCUT2D eigenvalue weighted by Crippen LogP contribution is 2.33. The summed E-state index contributed by atoms with van der Waals surface area (Å²) >= 11 is 6.44. The van der Waals surface area contributed by atoms with E-state index in [9.17, 15) is 0 Å². The molecule has 0 saturated carbocycles. The van der Waals surface area contributed by atoms with Gasteiger partial charge in [-0.25, -0.2) is 0 Å². The summed E-state index contributed by atoms with van der Waals surface area (Å²) in [6.07, 6.45) is 3.27. The molecule has 0 saturated heterocycles. The van der Waals surface area contributed by atoms with Crippen LogP contribution in [0.1, 0.15) is 43.2 Å². The Morgan fingerprint density at radius 3 is 3.00 bits per heavy atom. The van der Waals surface area contributed by atoms with Crippen molar-refractivity contribution in [1.82, 2.24) is 0 Å². The van der Waals surface area contributed by atoms with Crippen LogP contribution in [0.2, 0.25) is 0 Å². The number of ether oxygens (including phenoxy) is 1. The topological polar surface area (TPSA) is 9.23 Å². The van der Waals surface area contributed by atoms with Gasteiger partial charge in [-0.2, -0.15) is 0 Å². The quantitative estimate of drug-likeness (QED) is 0.710. The van der Waals surface area contributed by atoms with E-state index in [0.29, 0.717) is 5.92 Å². The Labute approximate surface area is 103 Å². The molecular formula is C14H19ClO. The van der Waals surface area contributed by atoms with Crippen LogP contribution in [0.25, 0.3) is 0 Å². The van der Waals surface area contributed by atoms with Gasteiger partial charge in [0.2, 0.25) is 0 Å². The Hall–Kier alpha value is -0.690. The highest BCUT2D eigenvalue weighted by Gasteiger charge is 2.16. The van der Waals surface area contributed by atoms with Crippen LogP contribution in [0.15, 0.2) is 18.2 Å². The van der Waals surface area contributed by atoms with Crippen LogP contribution in [-0.2, 0) is 6.42 Å². The van der Waals surface area contributed by atoms with E-state index in [1.807, 2.05) is 0 Å².